The fourth-order valence-electron chi connectivity index (χ4n) is 3.86. The van der Waals surface area contributed by atoms with Gasteiger partial charge < -0.3 is 19.2 Å². The van der Waals surface area contributed by atoms with Crippen LogP contribution in [0.5, 0.6) is 5.75 Å². The van der Waals surface area contributed by atoms with Crippen molar-refractivity contribution in [2.75, 3.05) is 39.5 Å². The molecule has 1 unspecified atom stereocenters. The highest BCUT2D eigenvalue weighted by Crippen LogP contribution is 2.29. The molecule has 1 N–H and O–H groups in total. The van der Waals surface area contributed by atoms with Crippen LogP contribution in [0.1, 0.15) is 34.6 Å². The Labute approximate surface area is 176 Å². The first-order valence-corrected chi connectivity index (χ1v) is 10.5. The van der Waals surface area contributed by atoms with Gasteiger partial charge in [0.25, 0.3) is 5.91 Å². The van der Waals surface area contributed by atoms with Gasteiger partial charge in [0.1, 0.15) is 11.3 Å². The molecular weight excluding hydrogens is 380 g/mol. The predicted octanol–water partition coefficient (Wildman–Crippen LogP) is 3.94. The van der Waals surface area contributed by atoms with E-state index in [9.17, 15) is 4.79 Å². The molecule has 0 radical (unpaired) electrons. The van der Waals surface area contributed by atoms with Gasteiger partial charge in [-0.2, -0.15) is 0 Å². The fourth-order valence-corrected chi connectivity index (χ4v) is 3.86. The first kappa shape index (κ1) is 20.4. The number of morpholine rings is 1. The molecular formula is C24H28N2O4. The monoisotopic (exact) mass is 408 g/mol. The first-order valence-electron chi connectivity index (χ1n) is 10.5. The lowest BCUT2D eigenvalue weighted by molar-refractivity contribution is 0.0331. The molecule has 6 nitrogen and oxygen atoms in total. The number of amides is 1. The van der Waals surface area contributed by atoms with Crippen molar-refractivity contribution < 1.29 is 18.7 Å². The number of furan rings is 1. The smallest absolute Gasteiger partial charge is 0.287 e. The van der Waals surface area contributed by atoms with E-state index >= 15 is 0 Å². The molecule has 3 aromatic rings. The lowest BCUT2D eigenvalue weighted by atomic mass is 10.1. The van der Waals surface area contributed by atoms with E-state index in [2.05, 4.69) is 10.2 Å². The molecule has 0 spiro atoms. The lowest BCUT2D eigenvalue weighted by Gasteiger charge is -2.31. The number of rotatable bonds is 7. The predicted molar refractivity (Wildman–Crippen MR) is 116 cm³/mol. The summed E-state index contributed by atoms with van der Waals surface area (Å²) >= 11 is 0. The van der Waals surface area contributed by atoms with Crippen LogP contribution >= 0.6 is 0 Å². The van der Waals surface area contributed by atoms with Crippen LogP contribution in [0.25, 0.3) is 11.0 Å². The van der Waals surface area contributed by atoms with Gasteiger partial charge in [0.15, 0.2) is 5.76 Å². The number of fused-ring (bicyclic) bond motifs is 1. The molecule has 1 aromatic heterocycles. The molecule has 1 aliphatic rings. The topological polar surface area (TPSA) is 63.9 Å². The molecule has 1 atom stereocenters. The Morgan fingerprint density at radius 2 is 1.93 bits per heavy atom. The lowest BCUT2D eigenvalue weighted by Crippen LogP contribution is -2.43. The zero-order valence-electron chi connectivity index (χ0n) is 17.5. The highest BCUT2D eigenvalue weighted by atomic mass is 16.5. The summed E-state index contributed by atoms with van der Waals surface area (Å²) in [5, 5.41) is 4.09. The quantitative estimate of drug-likeness (QED) is 0.642. The van der Waals surface area contributed by atoms with Crippen LogP contribution in [0.2, 0.25) is 0 Å². The Morgan fingerprint density at radius 3 is 2.67 bits per heavy atom. The maximum atomic E-state index is 13.2. The summed E-state index contributed by atoms with van der Waals surface area (Å²) in [5.74, 6) is 0.917. The van der Waals surface area contributed by atoms with Crippen molar-refractivity contribution in [3.05, 3.63) is 65.4 Å². The summed E-state index contributed by atoms with van der Waals surface area (Å²) < 4.78 is 17.0. The van der Waals surface area contributed by atoms with Crippen LogP contribution in [-0.2, 0) is 4.74 Å². The van der Waals surface area contributed by atoms with Crippen molar-refractivity contribution in [3.8, 4) is 5.75 Å². The van der Waals surface area contributed by atoms with Gasteiger partial charge in [-0.25, -0.2) is 0 Å². The summed E-state index contributed by atoms with van der Waals surface area (Å²) in [4.78, 5) is 15.5. The zero-order valence-corrected chi connectivity index (χ0v) is 17.5. The fraction of sp³-hybridized carbons (Fsp3) is 0.375. The van der Waals surface area contributed by atoms with Gasteiger partial charge in [-0.3, -0.25) is 9.69 Å². The number of nitrogens with zero attached hydrogens (tertiary/aromatic N) is 1. The van der Waals surface area contributed by atoms with Crippen LogP contribution in [0.15, 0.2) is 52.9 Å². The minimum absolute atomic E-state index is 0.136. The second-order valence-corrected chi connectivity index (χ2v) is 7.50. The van der Waals surface area contributed by atoms with Crippen molar-refractivity contribution in [3.63, 3.8) is 0 Å². The molecule has 158 valence electrons. The Balaban J connectivity index is 1.57. The maximum absolute atomic E-state index is 13.2. The summed E-state index contributed by atoms with van der Waals surface area (Å²) in [7, 11) is 0. The normalized spacial score (nSPS) is 15.8. The average Bonchev–Trinajstić information content (AvgIpc) is 3.11. The SMILES string of the molecule is CCOc1ccc2oc(C(=O)NC(CN3CCOCC3)c3ccccc3)c(C)c2c1. The molecule has 4 rings (SSSR count). The zero-order chi connectivity index (χ0) is 20.9. The molecule has 0 saturated carbocycles. The van der Waals surface area contributed by atoms with Crippen LogP contribution in [-0.4, -0.2) is 50.3 Å². The number of hydrogen-bond acceptors (Lipinski definition) is 5. The molecule has 6 heteroatoms. The third kappa shape index (κ3) is 4.50. The largest absolute Gasteiger partial charge is 0.494 e. The van der Waals surface area contributed by atoms with Gasteiger partial charge in [0.2, 0.25) is 0 Å². The van der Waals surface area contributed by atoms with Crippen LogP contribution < -0.4 is 10.1 Å². The summed E-state index contributed by atoms with van der Waals surface area (Å²) in [6, 6.07) is 15.6. The second kappa shape index (κ2) is 9.32. The van der Waals surface area contributed by atoms with E-state index in [1.54, 1.807) is 0 Å². The van der Waals surface area contributed by atoms with Crippen molar-refractivity contribution in [1.29, 1.82) is 0 Å². The average molecular weight is 408 g/mol. The van der Waals surface area contributed by atoms with Gasteiger partial charge in [0, 0.05) is 30.6 Å². The van der Waals surface area contributed by atoms with Crippen molar-refractivity contribution in [1.82, 2.24) is 10.2 Å². The molecule has 2 aromatic carbocycles. The molecule has 2 heterocycles. The van der Waals surface area contributed by atoms with E-state index in [1.807, 2.05) is 62.4 Å². The van der Waals surface area contributed by atoms with Gasteiger partial charge in [-0.1, -0.05) is 30.3 Å². The van der Waals surface area contributed by atoms with Gasteiger partial charge in [-0.15, -0.1) is 0 Å². The highest BCUT2D eigenvalue weighted by Gasteiger charge is 2.24. The number of benzene rings is 2. The molecule has 1 amide bonds. The van der Waals surface area contributed by atoms with Crippen molar-refractivity contribution in [2.24, 2.45) is 0 Å². The number of aryl methyl sites for hydroxylation is 1. The molecule has 0 bridgehead atoms. The third-order valence-corrected chi connectivity index (χ3v) is 5.48. The summed E-state index contributed by atoms with van der Waals surface area (Å²) in [5.41, 5.74) is 2.58. The number of hydrogen-bond donors (Lipinski definition) is 1. The van der Waals surface area contributed by atoms with Crippen LogP contribution in [0, 0.1) is 6.92 Å². The summed E-state index contributed by atoms with van der Waals surface area (Å²) in [6.45, 7) is 8.36. The van der Waals surface area contributed by atoms with Gasteiger partial charge >= 0.3 is 0 Å². The maximum Gasteiger partial charge on any atom is 0.287 e. The van der Waals surface area contributed by atoms with Gasteiger partial charge in [0.05, 0.1) is 25.9 Å². The highest BCUT2D eigenvalue weighted by molar-refractivity contribution is 5.99. The number of ether oxygens (including phenoxy) is 2. The standard InChI is InChI=1S/C24H28N2O4/c1-3-29-19-9-10-22-20(15-19)17(2)23(30-22)24(27)25-21(18-7-5-4-6-8-18)16-26-11-13-28-14-12-26/h4-10,15,21H,3,11-14,16H2,1-2H3,(H,25,27). The van der Waals surface area contributed by atoms with E-state index in [-0.39, 0.29) is 11.9 Å². The minimum atomic E-state index is -0.205. The third-order valence-electron chi connectivity index (χ3n) is 5.48. The van der Waals surface area contributed by atoms with Crippen molar-refractivity contribution in [2.45, 2.75) is 19.9 Å². The Bertz CT molecular complexity index is 993. The van der Waals surface area contributed by atoms with E-state index in [0.717, 1.165) is 55.1 Å². The Kier molecular flexibility index (Phi) is 6.35. The minimum Gasteiger partial charge on any atom is -0.494 e. The second-order valence-electron chi connectivity index (χ2n) is 7.50. The molecule has 1 saturated heterocycles. The van der Waals surface area contributed by atoms with Crippen molar-refractivity contribution >= 4 is 16.9 Å². The molecule has 0 aliphatic carbocycles. The number of carbonyl (C=O) groups excluding carboxylic acids is 1. The van der Waals surface area contributed by atoms with E-state index in [1.165, 1.54) is 0 Å². The summed E-state index contributed by atoms with van der Waals surface area (Å²) in [6.07, 6.45) is 0. The van der Waals surface area contributed by atoms with Crippen LogP contribution in [0.4, 0.5) is 0 Å². The first-order chi connectivity index (χ1) is 14.7. The Hall–Kier alpha value is -2.83. The number of nitrogens with one attached hydrogen (secondary N) is 1. The molecule has 1 aliphatic heterocycles. The molecule has 30 heavy (non-hydrogen) atoms. The van der Waals surface area contributed by atoms with Gasteiger partial charge in [-0.05, 0) is 37.6 Å². The van der Waals surface area contributed by atoms with E-state index in [0.29, 0.717) is 18.0 Å². The number of carbonyl (C=O) groups is 1. The van der Waals surface area contributed by atoms with E-state index < -0.39 is 0 Å². The van der Waals surface area contributed by atoms with E-state index in [4.69, 9.17) is 13.9 Å². The van der Waals surface area contributed by atoms with Crippen LogP contribution in [0.3, 0.4) is 0 Å². The Morgan fingerprint density at radius 1 is 1.17 bits per heavy atom. The molecule has 1 fully saturated rings.